The minimum atomic E-state index is -0.115. The highest BCUT2D eigenvalue weighted by molar-refractivity contribution is 6.07. The van der Waals surface area contributed by atoms with Crippen LogP contribution >= 0.6 is 0 Å². The van der Waals surface area contributed by atoms with Crippen molar-refractivity contribution < 1.29 is 8.98 Å². The van der Waals surface area contributed by atoms with Crippen molar-refractivity contribution in [2.24, 2.45) is 0 Å². The van der Waals surface area contributed by atoms with Crippen LogP contribution in [0.2, 0.25) is 0 Å². The molecule has 1 aliphatic rings. The third-order valence-electron chi connectivity index (χ3n) is 10.8. The molecule has 42 heavy (non-hydrogen) atoms. The monoisotopic (exact) mass is 555 g/mol. The molecule has 2 aromatic heterocycles. The predicted molar refractivity (Wildman–Crippen MR) is 176 cm³/mol. The van der Waals surface area contributed by atoms with Crippen LogP contribution in [0.25, 0.3) is 50.0 Å². The third-order valence-corrected chi connectivity index (χ3v) is 10.8. The number of benzene rings is 4. The Bertz CT molecular complexity index is 2000. The van der Waals surface area contributed by atoms with Gasteiger partial charge in [0.05, 0.1) is 5.56 Å². The van der Waals surface area contributed by atoms with Crippen molar-refractivity contribution in [2.75, 3.05) is 0 Å². The summed E-state index contributed by atoms with van der Waals surface area (Å²) in [6, 6.07) is 29.1. The highest BCUT2D eigenvalue weighted by Gasteiger charge is 2.56. The standard InChI is InChI=1S/C39H43N2O/c1-9-38(7)30-19-13-11-18-27(30)37-40(31-20-14-15-21-32(31)41(37)39(38,8)10-2)35-28(24(3)4)23-29-26-17-12-16-22-33(26)42-36(29)34(35)25(5)6/h11-25H,9-10H2,1-8H3/q+1. The zero-order valence-electron chi connectivity index (χ0n) is 26.4. The Morgan fingerprint density at radius 3 is 2.19 bits per heavy atom. The van der Waals surface area contributed by atoms with Gasteiger partial charge < -0.3 is 4.42 Å². The average molecular weight is 556 g/mol. The van der Waals surface area contributed by atoms with Crippen molar-refractivity contribution in [1.29, 1.82) is 0 Å². The normalized spacial score (nSPS) is 20.2. The Hall–Kier alpha value is -3.85. The van der Waals surface area contributed by atoms with Crippen LogP contribution in [-0.4, -0.2) is 4.57 Å². The van der Waals surface area contributed by atoms with Gasteiger partial charge in [-0.1, -0.05) is 97.0 Å². The number of hydrogen-bond donors (Lipinski definition) is 0. The number of aromatic nitrogens is 2. The number of rotatable bonds is 5. The van der Waals surface area contributed by atoms with Gasteiger partial charge in [-0.25, -0.2) is 4.57 Å². The van der Waals surface area contributed by atoms with Crippen molar-refractivity contribution in [3.8, 4) is 17.1 Å². The molecular formula is C39H43N2O+. The number of furan rings is 1. The van der Waals surface area contributed by atoms with Crippen LogP contribution in [0.5, 0.6) is 0 Å². The van der Waals surface area contributed by atoms with Gasteiger partial charge in [-0.15, -0.1) is 0 Å². The summed E-state index contributed by atoms with van der Waals surface area (Å²) in [5.74, 6) is 1.87. The van der Waals surface area contributed by atoms with E-state index >= 15 is 0 Å². The van der Waals surface area contributed by atoms with Crippen LogP contribution in [0.4, 0.5) is 0 Å². The van der Waals surface area contributed by atoms with Crippen LogP contribution in [0.3, 0.4) is 0 Å². The number of hydrogen-bond acceptors (Lipinski definition) is 1. The van der Waals surface area contributed by atoms with Gasteiger partial charge in [0.25, 0.3) is 5.82 Å². The molecule has 3 heteroatoms. The fourth-order valence-corrected chi connectivity index (χ4v) is 8.07. The fourth-order valence-electron chi connectivity index (χ4n) is 8.07. The zero-order chi connectivity index (χ0) is 29.6. The first-order chi connectivity index (χ1) is 20.2. The van der Waals surface area contributed by atoms with Gasteiger partial charge in [0.15, 0.2) is 11.0 Å². The van der Waals surface area contributed by atoms with E-state index in [9.17, 15) is 0 Å². The van der Waals surface area contributed by atoms with E-state index in [4.69, 9.17) is 4.42 Å². The second-order valence-electron chi connectivity index (χ2n) is 13.4. The first-order valence-electron chi connectivity index (χ1n) is 15.8. The van der Waals surface area contributed by atoms with E-state index in [0.29, 0.717) is 5.92 Å². The van der Waals surface area contributed by atoms with Crippen LogP contribution in [0.1, 0.15) is 96.8 Å². The molecule has 0 fully saturated rings. The van der Waals surface area contributed by atoms with E-state index in [-0.39, 0.29) is 16.9 Å². The van der Waals surface area contributed by atoms with Crippen molar-refractivity contribution in [1.82, 2.24) is 4.57 Å². The lowest BCUT2D eigenvalue weighted by atomic mass is 9.61. The molecule has 214 valence electrons. The lowest BCUT2D eigenvalue weighted by Crippen LogP contribution is -2.67. The maximum Gasteiger partial charge on any atom is 0.295 e. The van der Waals surface area contributed by atoms with Crippen molar-refractivity contribution in [3.63, 3.8) is 0 Å². The van der Waals surface area contributed by atoms with E-state index in [2.05, 4.69) is 143 Å². The Balaban J connectivity index is 1.75. The molecule has 0 aliphatic carbocycles. The summed E-state index contributed by atoms with van der Waals surface area (Å²) in [7, 11) is 0. The molecule has 6 aromatic rings. The second kappa shape index (κ2) is 9.33. The first kappa shape index (κ1) is 27.0. The summed E-state index contributed by atoms with van der Waals surface area (Å²) in [5, 5.41) is 2.41. The smallest absolute Gasteiger partial charge is 0.295 e. The van der Waals surface area contributed by atoms with Gasteiger partial charge in [0, 0.05) is 27.3 Å². The van der Waals surface area contributed by atoms with Gasteiger partial charge in [0.2, 0.25) is 0 Å². The molecule has 7 rings (SSSR count). The molecule has 4 aromatic carbocycles. The largest absolute Gasteiger partial charge is 0.456 e. The average Bonchev–Trinajstić information content (AvgIpc) is 3.54. The minimum Gasteiger partial charge on any atom is -0.456 e. The molecule has 3 nitrogen and oxygen atoms in total. The van der Waals surface area contributed by atoms with Gasteiger partial charge in [0.1, 0.15) is 22.4 Å². The third kappa shape index (κ3) is 3.31. The SMILES string of the molecule is CCC1(C)c2ccccc2-c2n(-c3c(C(C)C)cc4c(oc5ccccc54)c3C(C)C)c3ccccc3[n+]2C1(C)CC. The van der Waals surface area contributed by atoms with Crippen LogP contribution < -0.4 is 4.57 Å². The van der Waals surface area contributed by atoms with E-state index in [1.54, 1.807) is 0 Å². The van der Waals surface area contributed by atoms with Crippen molar-refractivity contribution in [3.05, 3.63) is 95.6 Å². The highest BCUT2D eigenvalue weighted by atomic mass is 16.3. The summed E-state index contributed by atoms with van der Waals surface area (Å²) >= 11 is 0. The summed E-state index contributed by atoms with van der Waals surface area (Å²) in [6.45, 7) is 19.0. The Labute approximate surface area is 249 Å². The Morgan fingerprint density at radius 1 is 0.786 bits per heavy atom. The van der Waals surface area contributed by atoms with Crippen molar-refractivity contribution >= 4 is 33.0 Å². The van der Waals surface area contributed by atoms with Gasteiger partial charge in [-0.2, -0.15) is 4.57 Å². The van der Waals surface area contributed by atoms with Gasteiger partial charge in [-0.3, -0.25) is 0 Å². The molecule has 3 heterocycles. The number of imidazole rings is 1. The minimum absolute atomic E-state index is 0.0184. The van der Waals surface area contributed by atoms with Gasteiger partial charge >= 0.3 is 0 Å². The molecule has 0 radical (unpaired) electrons. The molecule has 0 saturated carbocycles. The molecule has 1 aliphatic heterocycles. The quantitative estimate of drug-likeness (QED) is 0.194. The molecule has 0 saturated heterocycles. The molecule has 0 amide bonds. The molecule has 2 atom stereocenters. The van der Waals surface area contributed by atoms with Gasteiger partial charge in [-0.05, 0) is 67.5 Å². The summed E-state index contributed by atoms with van der Waals surface area (Å²) in [5.41, 5.74) is 11.1. The van der Waals surface area contributed by atoms with E-state index in [1.807, 2.05) is 0 Å². The number of nitrogens with zero attached hydrogens (tertiary/aromatic N) is 2. The van der Waals surface area contributed by atoms with E-state index in [0.717, 1.165) is 24.0 Å². The molecule has 2 unspecified atom stereocenters. The van der Waals surface area contributed by atoms with Crippen LogP contribution in [0, 0.1) is 0 Å². The molecular weight excluding hydrogens is 512 g/mol. The summed E-state index contributed by atoms with van der Waals surface area (Å²) < 4.78 is 12.0. The van der Waals surface area contributed by atoms with Crippen LogP contribution in [0.15, 0.2) is 83.3 Å². The number of para-hydroxylation sites is 3. The summed E-state index contributed by atoms with van der Waals surface area (Å²) in [6.07, 6.45) is 2.10. The number of fused-ring (bicyclic) bond motifs is 8. The Morgan fingerprint density at radius 2 is 1.48 bits per heavy atom. The van der Waals surface area contributed by atoms with E-state index < -0.39 is 0 Å². The topological polar surface area (TPSA) is 21.9 Å². The second-order valence-corrected chi connectivity index (χ2v) is 13.4. The van der Waals surface area contributed by atoms with Crippen molar-refractivity contribution in [2.45, 2.75) is 91.0 Å². The lowest BCUT2D eigenvalue weighted by molar-refractivity contribution is -0.743. The maximum absolute atomic E-state index is 6.74. The predicted octanol–water partition coefficient (Wildman–Crippen LogP) is 10.5. The summed E-state index contributed by atoms with van der Waals surface area (Å²) in [4.78, 5) is 0. The lowest BCUT2D eigenvalue weighted by Gasteiger charge is -2.47. The highest BCUT2D eigenvalue weighted by Crippen LogP contribution is 2.52. The first-order valence-corrected chi connectivity index (χ1v) is 15.8. The Kier molecular flexibility index (Phi) is 6.00. The molecule has 0 N–H and O–H groups in total. The maximum atomic E-state index is 6.74. The molecule has 0 spiro atoms. The fraction of sp³-hybridized carbons (Fsp3) is 0.359. The van der Waals surface area contributed by atoms with E-state index in [1.165, 1.54) is 55.6 Å². The van der Waals surface area contributed by atoms with Crippen LogP contribution in [-0.2, 0) is 11.0 Å². The molecule has 0 bridgehead atoms. The zero-order valence-corrected chi connectivity index (χ0v) is 26.4.